The maximum atomic E-state index is 13.0. The van der Waals surface area contributed by atoms with Gasteiger partial charge in [0.1, 0.15) is 11.5 Å². The molecule has 3 aromatic rings. The van der Waals surface area contributed by atoms with E-state index in [4.69, 9.17) is 4.74 Å². The Morgan fingerprint density at radius 3 is 2.21 bits per heavy atom. The van der Waals surface area contributed by atoms with Gasteiger partial charge in [-0.3, -0.25) is 14.9 Å². The summed E-state index contributed by atoms with van der Waals surface area (Å²) in [5.74, 6) is -0.0786. The normalized spacial score (nSPS) is 12.4. The first-order valence-corrected chi connectivity index (χ1v) is 8.62. The lowest BCUT2D eigenvalue weighted by molar-refractivity contribution is -0.385. The van der Waals surface area contributed by atoms with Crippen molar-refractivity contribution in [2.45, 2.75) is 12.5 Å². The van der Waals surface area contributed by atoms with E-state index in [9.17, 15) is 20.0 Å². The zero-order valence-electron chi connectivity index (χ0n) is 14.6. The average molecular weight is 375 g/mol. The van der Waals surface area contributed by atoms with Gasteiger partial charge in [-0.25, -0.2) is 0 Å². The van der Waals surface area contributed by atoms with Crippen molar-refractivity contribution in [1.82, 2.24) is 5.32 Å². The van der Waals surface area contributed by atoms with Crippen molar-refractivity contribution in [2.24, 2.45) is 0 Å². The van der Waals surface area contributed by atoms with Crippen LogP contribution in [-0.4, -0.2) is 10.8 Å². The minimum atomic E-state index is -0.602. The van der Waals surface area contributed by atoms with Gasteiger partial charge < -0.3 is 15.2 Å². The number of nitro groups is 1. The molecular formula is C21H15N2O5-. The molecule has 0 atom stereocenters. The highest BCUT2D eigenvalue weighted by Gasteiger charge is 2.32. The first-order chi connectivity index (χ1) is 13.5. The highest BCUT2D eigenvalue weighted by Crippen LogP contribution is 2.43. The Hall–Kier alpha value is -3.87. The lowest BCUT2D eigenvalue weighted by Crippen LogP contribution is -2.31. The summed E-state index contributed by atoms with van der Waals surface area (Å²) in [6, 6.07) is 18.0. The first-order valence-electron chi connectivity index (χ1n) is 8.62. The molecule has 7 heteroatoms. The van der Waals surface area contributed by atoms with Crippen molar-refractivity contribution >= 4 is 11.6 Å². The number of hydrogen-bond donors (Lipinski definition) is 1. The van der Waals surface area contributed by atoms with Crippen LogP contribution in [-0.2, 0) is 11.3 Å². The molecule has 1 aliphatic rings. The van der Waals surface area contributed by atoms with Crippen molar-refractivity contribution < 1.29 is 19.6 Å². The molecule has 0 fully saturated rings. The number of carbonyl (C=O) groups excluding carboxylic acids is 1. The number of para-hydroxylation sites is 2. The second-order valence-corrected chi connectivity index (χ2v) is 6.38. The zero-order chi connectivity index (χ0) is 19.7. The molecule has 1 amide bonds. The lowest BCUT2D eigenvalue weighted by Gasteiger charge is -2.27. The number of hydrogen-bond acceptors (Lipinski definition) is 5. The molecule has 140 valence electrons. The molecule has 28 heavy (non-hydrogen) atoms. The number of ether oxygens (including phenoxy) is 1. The highest BCUT2D eigenvalue weighted by molar-refractivity contribution is 5.89. The number of benzene rings is 3. The van der Waals surface area contributed by atoms with E-state index < -0.39 is 10.8 Å². The molecule has 0 saturated heterocycles. The van der Waals surface area contributed by atoms with Crippen LogP contribution in [0.2, 0.25) is 0 Å². The van der Waals surface area contributed by atoms with Crippen LogP contribution in [0, 0.1) is 10.1 Å². The van der Waals surface area contributed by atoms with Gasteiger partial charge in [-0.2, -0.15) is 0 Å². The van der Waals surface area contributed by atoms with Gasteiger partial charge in [0.15, 0.2) is 0 Å². The van der Waals surface area contributed by atoms with E-state index in [1.807, 2.05) is 36.4 Å². The van der Waals surface area contributed by atoms with Crippen LogP contribution in [0.1, 0.15) is 22.6 Å². The van der Waals surface area contributed by atoms with Gasteiger partial charge in [-0.15, -0.1) is 5.75 Å². The summed E-state index contributed by atoms with van der Waals surface area (Å²) >= 11 is 0. The van der Waals surface area contributed by atoms with Crippen LogP contribution in [0.5, 0.6) is 17.2 Å². The molecule has 0 unspecified atom stereocenters. The summed E-state index contributed by atoms with van der Waals surface area (Å²) in [7, 11) is 0. The monoisotopic (exact) mass is 375 g/mol. The third-order valence-electron chi connectivity index (χ3n) is 4.65. The Morgan fingerprint density at radius 1 is 1.00 bits per heavy atom. The molecule has 0 spiro atoms. The van der Waals surface area contributed by atoms with Crippen molar-refractivity contribution in [3.8, 4) is 17.2 Å². The molecule has 0 aromatic heterocycles. The number of amides is 1. The van der Waals surface area contributed by atoms with Crippen molar-refractivity contribution in [1.29, 1.82) is 0 Å². The molecule has 1 aliphatic heterocycles. The fraction of sp³-hybridized carbons (Fsp3) is 0.0952. The number of nitrogens with zero attached hydrogens (tertiary/aromatic N) is 1. The van der Waals surface area contributed by atoms with Crippen molar-refractivity contribution in [3.63, 3.8) is 0 Å². The largest absolute Gasteiger partial charge is 0.872 e. The molecule has 1 heterocycles. The number of non-ortho nitro benzene ring substituents is 1. The number of nitro benzene ring substituents is 1. The molecule has 1 N–H and O–H groups in total. The van der Waals surface area contributed by atoms with E-state index in [0.29, 0.717) is 11.5 Å². The third-order valence-corrected chi connectivity index (χ3v) is 4.65. The van der Waals surface area contributed by atoms with Crippen LogP contribution >= 0.6 is 0 Å². The summed E-state index contributed by atoms with van der Waals surface area (Å²) < 4.78 is 5.88. The Bertz CT molecular complexity index is 1030. The summed E-state index contributed by atoms with van der Waals surface area (Å²) in [6.45, 7) is -0.0962. The van der Waals surface area contributed by atoms with Gasteiger partial charge in [-0.05, 0) is 17.7 Å². The average Bonchev–Trinajstić information content (AvgIpc) is 2.70. The smallest absolute Gasteiger partial charge is 0.269 e. The van der Waals surface area contributed by atoms with Gasteiger partial charge in [0.2, 0.25) is 5.91 Å². The Labute approximate surface area is 160 Å². The second kappa shape index (κ2) is 7.03. The van der Waals surface area contributed by atoms with Gasteiger partial charge in [0.25, 0.3) is 5.69 Å². The lowest BCUT2D eigenvalue weighted by atomic mass is 9.87. The van der Waals surface area contributed by atoms with E-state index in [1.165, 1.54) is 6.07 Å². The summed E-state index contributed by atoms with van der Waals surface area (Å²) in [6.07, 6.45) is 0. The quantitative estimate of drug-likeness (QED) is 0.557. The SMILES string of the molecule is O=C(NCc1cc([N+](=O)[O-])ccc1[O-])C1c2ccccc2Oc2ccccc21. The van der Waals surface area contributed by atoms with Crippen LogP contribution < -0.4 is 15.2 Å². The molecule has 4 rings (SSSR count). The van der Waals surface area contributed by atoms with Crippen molar-refractivity contribution in [2.75, 3.05) is 0 Å². The second-order valence-electron chi connectivity index (χ2n) is 6.38. The molecule has 0 aliphatic carbocycles. The number of fused-ring (bicyclic) bond motifs is 2. The van der Waals surface area contributed by atoms with Gasteiger partial charge in [-0.1, -0.05) is 42.5 Å². The van der Waals surface area contributed by atoms with Crippen molar-refractivity contribution in [3.05, 3.63) is 93.5 Å². The van der Waals surface area contributed by atoms with Gasteiger partial charge in [0.05, 0.1) is 10.8 Å². The Kier molecular flexibility index (Phi) is 4.41. The van der Waals surface area contributed by atoms with E-state index >= 15 is 0 Å². The topological polar surface area (TPSA) is 105 Å². The molecule has 0 bridgehead atoms. The fourth-order valence-electron chi connectivity index (χ4n) is 3.29. The molecular weight excluding hydrogens is 360 g/mol. The van der Waals surface area contributed by atoms with Crippen LogP contribution in [0.4, 0.5) is 5.69 Å². The maximum Gasteiger partial charge on any atom is 0.269 e. The third kappa shape index (κ3) is 3.14. The van der Waals surface area contributed by atoms with Crippen LogP contribution in [0.25, 0.3) is 0 Å². The summed E-state index contributed by atoms with van der Waals surface area (Å²) in [4.78, 5) is 23.4. The Morgan fingerprint density at radius 2 is 1.61 bits per heavy atom. The minimum absolute atomic E-state index is 0.0962. The van der Waals surface area contributed by atoms with E-state index in [1.54, 1.807) is 12.1 Å². The van der Waals surface area contributed by atoms with Crippen LogP contribution in [0.15, 0.2) is 66.7 Å². The Balaban J connectivity index is 1.63. The standard InChI is InChI=1S/C21H16N2O5/c24-17-10-9-14(23(26)27)11-13(17)12-22-21(25)20-15-5-1-3-7-18(15)28-19-8-4-2-6-16(19)20/h1-11,20,24H,12H2,(H,22,25)/p-1. The van der Waals surface area contributed by atoms with Gasteiger partial charge in [0, 0.05) is 29.8 Å². The van der Waals surface area contributed by atoms with Crippen LogP contribution in [0.3, 0.4) is 0 Å². The number of rotatable bonds is 4. The highest BCUT2D eigenvalue weighted by atomic mass is 16.6. The van der Waals surface area contributed by atoms with E-state index in [-0.39, 0.29) is 29.5 Å². The van der Waals surface area contributed by atoms with E-state index in [0.717, 1.165) is 23.3 Å². The summed E-state index contributed by atoms with van der Waals surface area (Å²) in [5.41, 5.74) is 1.42. The molecule has 7 nitrogen and oxygen atoms in total. The maximum absolute atomic E-state index is 13.0. The predicted molar refractivity (Wildman–Crippen MR) is 99.2 cm³/mol. The predicted octanol–water partition coefficient (Wildman–Crippen LogP) is 3.22. The number of carbonyl (C=O) groups is 1. The van der Waals surface area contributed by atoms with Gasteiger partial charge >= 0.3 is 0 Å². The molecule has 0 saturated carbocycles. The first kappa shape index (κ1) is 17.5. The van der Waals surface area contributed by atoms with E-state index in [2.05, 4.69) is 5.32 Å². The zero-order valence-corrected chi connectivity index (χ0v) is 14.6. The molecule has 3 aromatic carbocycles. The number of nitrogens with one attached hydrogen (secondary N) is 1. The summed E-state index contributed by atoms with van der Waals surface area (Å²) in [5, 5.41) is 25.7. The minimum Gasteiger partial charge on any atom is -0.872 e. The fourth-order valence-corrected chi connectivity index (χ4v) is 3.29. The molecule has 0 radical (unpaired) electrons.